The van der Waals surface area contributed by atoms with Gasteiger partial charge in [-0.15, -0.1) is 11.3 Å². The van der Waals surface area contributed by atoms with Crippen LogP contribution in [0.1, 0.15) is 28.8 Å². The Hall–Kier alpha value is -2.21. The third-order valence-corrected chi connectivity index (χ3v) is 6.74. The van der Waals surface area contributed by atoms with Gasteiger partial charge < -0.3 is 9.80 Å². The highest BCUT2D eigenvalue weighted by atomic mass is 32.1. The SMILES string of the molecule is Cc1ccnc(N2CCN(c3ncnc4sc5c(c34)CCCC5)CC2)c1. The van der Waals surface area contributed by atoms with E-state index in [1.807, 2.05) is 17.5 Å². The van der Waals surface area contributed by atoms with Gasteiger partial charge in [0.1, 0.15) is 22.8 Å². The van der Waals surface area contributed by atoms with Crippen molar-refractivity contribution in [1.29, 1.82) is 0 Å². The molecular weight excluding hydrogens is 342 g/mol. The van der Waals surface area contributed by atoms with Crippen molar-refractivity contribution in [3.63, 3.8) is 0 Å². The lowest BCUT2D eigenvalue weighted by molar-refractivity contribution is 0.642. The lowest BCUT2D eigenvalue weighted by Crippen LogP contribution is -2.47. The number of nitrogens with zero attached hydrogens (tertiary/aromatic N) is 5. The van der Waals surface area contributed by atoms with Gasteiger partial charge in [0.25, 0.3) is 0 Å². The van der Waals surface area contributed by atoms with Gasteiger partial charge in [0.15, 0.2) is 0 Å². The minimum Gasteiger partial charge on any atom is -0.353 e. The van der Waals surface area contributed by atoms with Crippen LogP contribution >= 0.6 is 11.3 Å². The van der Waals surface area contributed by atoms with E-state index < -0.39 is 0 Å². The topological polar surface area (TPSA) is 45.2 Å². The fourth-order valence-corrected chi connectivity index (χ4v) is 5.38. The Morgan fingerprint density at radius 1 is 0.962 bits per heavy atom. The first kappa shape index (κ1) is 16.0. The number of pyridine rings is 1. The summed E-state index contributed by atoms with van der Waals surface area (Å²) < 4.78 is 0. The molecule has 2 aliphatic rings. The lowest BCUT2D eigenvalue weighted by atomic mass is 9.97. The molecule has 0 spiro atoms. The van der Waals surface area contributed by atoms with Crippen LogP contribution < -0.4 is 9.80 Å². The second-order valence-electron chi connectivity index (χ2n) is 7.25. The van der Waals surface area contributed by atoms with Gasteiger partial charge in [0.05, 0.1) is 5.39 Å². The second kappa shape index (κ2) is 6.50. The molecule has 0 unspecified atom stereocenters. The molecule has 1 aliphatic carbocycles. The van der Waals surface area contributed by atoms with Gasteiger partial charge >= 0.3 is 0 Å². The maximum atomic E-state index is 4.71. The Morgan fingerprint density at radius 3 is 2.62 bits per heavy atom. The molecular formula is C20H23N5S. The predicted molar refractivity (Wildman–Crippen MR) is 107 cm³/mol. The summed E-state index contributed by atoms with van der Waals surface area (Å²) in [6.45, 7) is 6.04. The molecule has 1 fully saturated rings. The van der Waals surface area contributed by atoms with E-state index in [2.05, 4.69) is 38.8 Å². The van der Waals surface area contributed by atoms with Crippen LogP contribution in [0, 0.1) is 6.92 Å². The molecule has 1 aliphatic heterocycles. The lowest BCUT2D eigenvalue weighted by Gasteiger charge is -2.36. The summed E-state index contributed by atoms with van der Waals surface area (Å²) in [5.74, 6) is 2.23. The van der Waals surface area contributed by atoms with Gasteiger partial charge in [-0.25, -0.2) is 15.0 Å². The van der Waals surface area contributed by atoms with E-state index in [4.69, 9.17) is 4.98 Å². The summed E-state index contributed by atoms with van der Waals surface area (Å²) in [6.07, 6.45) is 8.65. The van der Waals surface area contributed by atoms with Crippen LogP contribution in [0.25, 0.3) is 10.2 Å². The highest BCUT2D eigenvalue weighted by molar-refractivity contribution is 7.19. The smallest absolute Gasteiger partial charge is 0.141 e. The summed E-state index contributed by atoms with van der Waals surface area (Å²) in [5, 5.41) is 1.33. The number of thiophene rings is 1. The van der Waals surface area contributed by atoms with Crippen molar-refractivity contribution in [2.24, 2.45) is 0 Å². The van der Waals surface area contributed by atoms with E-state index in [1.165, 1.54) is 51.9 Å². The zero-order valence-electron chi connectivity index (χ0n) is 15.1. The van der Waals surface area contributed by atoms with Crippen molar-refractivity contribution in [1.82, 2.24) is 15.0 Å². The highest BCUT2D eigenvalue weighted by Gasteiger charge is 2.25. The largest absolute Gasteiger partial charge is 0.353 e. The quantitative estimate of drug-likeness (QED) is 0.694. The summed E-state index contributed by atoms with van der Waals surface area (Å²) in [4.78, 5) is 21.4. The molecule has 0 amide bonds. The molecule has 0 saturated carbocycles. The molecule has 0 aromatic carbocycles. The summed E-state index contributed by atoms with van der Waals surface area (Å²) in [6, 6.07) is 4.23. The number of piperazine rings is 1. The standard InChI is InChI=1S/C20H23N5S/c1-14-6-7-21-17(12-14)24-8-10-25(11-9-24)19-18-15-4-2-3-5-16(15)26-20(18)23-13-22-19/h6-7,12-13H,2-5,8-11H2,1H3. The molecule has 0 radical (unpaired) electrons. The highest BCUT2D eigenvalue weighted by Crippen LogP contribution is 2.39. The van der Waals surface area contributed by atoms with E-state index in [0.717, 1.165) is 37.8 Å². The second-order valence-corrected chi connectivity index (χ2v) is 8.34. The number of hydrogen-bond donors (Lipinski definition) is 0. The van der Waals surface area contributed by atoms with Crippen molar-refractivity contribution in [2.75, 3.05) is 36.0 Å². The van der Waals surface area contributed by atoms with Gasteiger partial charge in [-0.2, -0.15) is 0 Å². The average Bonchev–Trinajstić information content (AvgIpc) is 3.07. The third-order valence-electron chi connectivity index (χ3n) is 5.54. The molecule has 134 valence electrons. The number of hydrogen-bond acceptors (Lipinski definition) is 6. The Kier molecular flexibility index (Phi) is 4.00. The van der Waals surface area contributed by atoms with Crippen LogP contribution in [0.5, 0.6) is 0 Å². The third kappa shape index (κ3) is 2.72. The van der Waals surface area contributed by atoms with Gasteiger partial charge in [0.2, 0.25) is 0 Å². The Balaban J connectivity index is 1.42. The van der Waals surface area contributed by atoms with Gasteiger partial charge in [-0.05, 0) is 55.9 Å². The van der Waals surface area contributed by atoms with E-state index in [-0.39, 0.29) is 0 Å². The van der Waals surface area contributed by atoms with Crippen molar-refractivity contribution in [3.05, 3.63) is 40.7 Å². The zero-order chi connectivity index (χ0) is 17.5. The molecule has 4 heterocycles. The van der Waals surface area contributed by atoms with Crippen LogP contribution in [0.3, 0.4) is 0 Å². The van der Waals surface area contributed by atoms with E-state index in [0.29, 0.717) is 0 Å². The predicted octanol–water partition coefficient (Wildman–Crippen LogP) is 3.60. The number of fused-ring (bicyclic) bond motifs is 3. The maximum absolute atomic E-state index is 4.71. The summed E-state index contributed by atoms with van der Waals surface area (Å²) in [7, 11) is 0. The Labute approximate surface area is 157 Å². The van der Waals surface area contributed by atoms with Crippen LogP contribution in [-0.4, -0.2) is 41.1 Å². The molecule has 3 aromatic heterocycles. The normalized spacial score (nSPS) is 17.6. The Bertz CT molecular complexity index is 943. The minimum atomic E-state index is 0.979. The molecule has 26 heavy (non-hydrogen) atoms. The molecule has 5 nitrogen and oxygen atoms in total. The van der Waals surface area contributed by atoms with Crippen LogP contribution in [-0.2, 0) is 12.8 Å². The van der Waals surface area contributed by atoms with Gasteiger partial charge in [-0.3, -0.25) is 0 Å². The maximum Gasteiger partial charge on any atom is 0.141 e. The van der Waals surface area contributed by atoms with Crippen LogP contribution in [0.4, 0.5) is 11.6 Å². The molecule has 6 heteroatoms. The van der Waals surface area contributed by atoms with Crippen molar-refractivity contribution >= 4 is 33.2 Å². The van der Waals surface area contributed by atoms with Gasteiger partial charge in [0, 0.05) is 37.3 Å². The van der Waals surface area contributed by atoms with Crippen molar-refractivity contribution in [3.8, 4) is 0 Å². The van der Waals surface area contributed by atoms with E-state index in [1.54, 1.807) is 6.33 Å². The van der Waals surface area contributed by atoms with E-state index >= 15 is 0 Å². The van der Waals surface area contributed by atoms with Crippen molar-refractivity contribution in [2.45, 2.75) is 32.6 Å². The molecule has 5 rings (SSSR count). The monoisotopic (exact) mass is 365 g/mol. The fourth-order valence-electron chi connectivity index (χ4n) is 4.15. The van der Waals surface area contributed by atoms with E-state index in [9.17, 15) is 0 Å². The van der Waals surface area contributed by atoms with Crippen LogP contribution in [0.15, 0.2) is 24.7 Å². The molecule has 0 atom stereocenters. The number of anilines is 2. The number of aromatic nitrogens is 3. The molecule has 0 N–H and O–H groups in total. The first-order valence-corrected chi connectivity index (χ1v) is 10.3. The fraction of sp³-hybridized carbons (Fsp3) is 0.450. The molecule has 1 saturated heterocycles. The first-order valence-electron chi connectivity index (χ1n) is 9.47. The average molecular weight is 366 g/mol. The Morgan fingerprint density at radius 2 is 1.77 bits per heavy atom. The zero-order valence-corrected chi connectivity index (χ0v) is 15.9. The first-order chi connectivity index (χ1) is 12.8. The van der Waals surface area contributed by atoms with Crippen LogP contribution in [0.2, 0.25) is 0 Å². The molecule has 0 bridgehead atoms. The minimum absolute atomic E-state index is 0.979. The summed E-state index contributed by atoms with van der Waals surface area (Å²) in [5.41, 5.74) is 2.79. The summed E-state index contributed by atoms with van der Waals surface area (Å²) >= 11 is 1.88. The van der Waals surface area contributed by atoms with Crippen molar-refractivity contribution < 1.29 is 0 Å². The number of rotatable bonds is 2. The molecule has 3 aromatic rings. The van der Waals surface area contributed by atoms with Gasteiger partial charge in [-0.1, -0.05) is 0 Å². The number of aryl methyl sites for hydroxylation is 3.